The van der Waals surface area contributed by atoms with E-state index in [0.717, 1.165) is 12.2 Å². The molecule has 0 fully saturated rings. The van der Waals surface area contributed by atoms with Crippen molar-refractivity contribution in [3.05, 3.63) is 23.3 Å². The van der Waals surface area contributed by atoms with Crippen LogP contribution in [0.1, 0.15) is 6.42 Å². The number of hydrogen-bond acceptors (Lipinski definition) is 3. The zero-order chi connectivity index (χ0) is 11.6. The van der Waals surface area contributed by atoms with Gasteiger partial charge in [-0.25, -0.2) is 9.59 Å². The fourth-order valence-corrected chi connectivity index (χ4v) is 1.25. The molecule has 80 valence electrons. The molecule has 0 aromatic carbocycles. The van der Waals surface area contributed by atoms with E-state index in [1.807, 2.05) is 0 Å². The Labute approximate surface area is 84.1 Å². The normalized spacial score (nSPS) is 20.1. The standard InChI is InChI=1S/C9H8O6/c10-7(11)4-1-5(8(12)13)3-6(2-4)9(14)15/h1-2,5H,3H2,(H,10,11)(H,12,13)(H,14,15). The number of aliphatic carboxylic acids is 3. The maximum atomic E-state index is 10.6. The third-order valence-corrected chi connectivity index (χ3v) is 1.99. The largest absolute Gasteiger partial charge is 0.481 e. The molecule has 6 nitrogen and oxygen atoms in total. The predicted molar refractivity (Wildman–Crippen MR) is 47.2 cm³/mol. The molecule has 1 unspecified atom stereocenters. The van der Waals surface area contributed by atoms with E-state index in [-0.39, 0.29) is 17.6 Å². The number of carboxylic acid groups (broad SMARTS) is 3. The van der Waals surface area contributed by atoms with Crippen LogP contribution in [-0.2, 0) is 14.4 Å². The van der Waals surface area contributed by atoms with Gasteiger partial charge in [-0.2, -0.15) is 0 Å². The zero-order valence-electron chi connectivity index (χ0n) is 7.51. The predicted octanol–water partition coefficient (Wildman–Crippen LogP) is 0.113. The van der Waals surface area contributed by atoms with Crippen molar-refractivity contribution in [1.82, 2.24) is 0 Å². The van der Waals surface area contributed by atoms with Gasteiger partial charge in [0.05, 0.1) is 11.5 Å². The Morgan fingerprint density at radius 3 is 2.13 bits per heavy atom. The monoisotopic (exact) mass is 212 g/mol. The van der Waals surface area contributed by atoms with Crippen LogP contribution in [0.25, 0.3) is 0 Å². The molecule has 1 atom stereocenters. The van der Waals surface area contributed by atoms with Crippen molar-refractivity contribution in [3.8, 4) is 0 Å². The van der Waals surface area contributed by atoms with Gasteiger partial charge >= 0.3 is 17.9 Å². The average molecular weight is 212 g/mol. The summed E-state index contributed by atoms with van der Waals surface area (Å²) in [6, 6.07) is 0. The molecule has 1 aliphatic rings. The minimum atomic E-state index is -1.33. The molecule has 0 saturated heterocycles. The molecule has 6 heteroatoms. The fraction of sp³-hybridized carbons (Fsp3) is 0.222. The van der Waals surface area contributed by atoms with Crippen molar-refractivity contribution < 1.29 is 29.7 Å². The van der Waals surface area contributed by atoms with Crippen LogP contribution in [0.5, 0.6) is 0 Å². The molecule has 3 N–H and O–H groups in total. The van der Waals surface area contributed by atoms with E-state index < -0.39 is 23.8 Å². The molecular formula is C9H8O6. The van der Waals surface area contributed by atoms with Gasteiger partial charge in [0.15, 0.2) is 0 Å². The van der Waals surface area contributed by atoms with E-state index in [2.05, 4.69) is 0 Å². The van der Waals surface area contributed by atoms with Gasteiger partial charge in [-0.05, 0) is 12.5 Å². The van der Waals surface area contributed by atoms with Crippen LogP contribution in [0, 0.1) is 5.92 Å². The third kappa shape index (κ3) is 2.43. The molecule has 0 aromatic heterocycles. The Hall–Kier alpha value is -2.11. The van der Waals surface area contributed by atoms with Gasteiger partial charge < -0.3 is 15.3 Å². The lowest BCUT2D eigenvalue weighted by Gasteiger charge is -2.14. The maximum Gasteiger partial charge on any atom is 0.335 e. The molecule has 0 saturated carbocycles. The Balaban J connectivity index is 3.07. The Kier molecular flexibility index (Phi) is 2.89. The van der Waals surface area contributed by atoms with Gasteiger partial charge in [-0.3, -0.25) is 4.79 Å². The highest BCUT2D eigenvalue weighted by molar-refractivity contribution is 5.97. The van der Waals surface area contributed by atoms with Gasteiger partial charge in [0.25, 0.3) is 0 Å². The Morgan fingerprint density at radius 2 is 1.73 bits per heavy atom. The number of carbonyl (C=O) groups is 3. The molecule has 15 heavy (non-hydrogen) atoms. The SMILES string of the molecule is O=C(O)C1=CC(C(=O)O)CC(C(=O)O)=C1. The van der Waals surface area contributed by atoms with Crippen LogP contribution in [0.15, 0.2) is 23.3 Å². The lowest BCUT2D eigenvalue weighted by Crippen LogP contribution is -2.20. The molecular weight excluding hydrogens is 204 g/mol. The van der Waals surface area contributed by atoms with Crippen molar-refractivity contribution in [3.63, 3.8) is 0 Å². The minimum Gasteiger partial charge on any atom is -0.481 e. The van der Waals surface area contributed by atoms with Crippen LogP contribution < -0.4 is 0 Å². The van der Waals surface area contributed by atoms with Crippen molar-refractivity contribution in [2.24, 2.45) is 5.92 Å². The topological polar surface area (TPSA) is 112 Å². The molecule has 1 aliphatic carbocycles. The summed E-state index contributed by atoms with van der Waals surface area (Å²) in [6.07, 6.45) is 1.82. The van der Waals surface area contributed by atoms with E-state index in [0.29, 0.717) is 0 Å². The van der Waals surface area contributed by atoms with Crippen molar-refractivity contribution in [2.45, 2.75) is 6.42 Å². The van der Waals surface area contributed by atoms with Crippen molar-refractivity contribution in [1.29, 1.82) is 0 Å². The van der Waals surface area contributed by atoms with Crippen LogP contribution in [0.4, 0.5) is 0 Å². The highest BCUT2D eigenvalue weighted by atomic mass is 16.4. The van der Waals surface area contributed by atoms with Crippen molar-refractivity contribution >= 4 is 17.9 Å². The lowest BCUT2D eigenvalue weighted by atomic mass is 9.90. The molecule has 0 radical (unpaired) electrons. The van der Waals surface area contributed by atoms with E-state index in [4.69, 9.17) is 15.3 Å². The summed E-state index contributed by atoms with van der Waals surface area (Å²) >= 11 is 0. The van der Waals surface area contributed by atoms with E-state index >= 15 is 0 Å². The summed E-state index contributed by atoms with van der Waals surface area (Å²) in [5.41, 5.74) is -0.506. The summed E-state index contributed by atoms with van der Waals surface area (Å²) in [7, 11) is 0. The molecule has 0 heterocycles. The highest BCUT2D eigenvalue weighted by Gasteiger charge is 2.26. The van der Waals surface area contributed by atoms with Gasteiger partial charge in [0.2, 0.25) is 0 Å². The minimum absolute atomic E-state index is 0.193. The first kappa shape index (κ1) is 11.0. The van der Waals surface area contributed by atoms with E-state index in [9.17, 15) is 14.4 Å². The van der Waals surface area contributed by atoms with Gasteiger partial charge in [0.1, 0.15) is 0 Å². The second-order valence-corrected chi connectivity index (χ2v) is 3.05. The fourth-order valence-electron chi connectivity index (χ4n) is 1.25. The van der Waals surface area contributed by atoms with E-state index in [1.165, 1.54) is 0 Å². The summed E-state index contributed by atoms with van der Waals surface area (Å²) < 4.78 is 0. The third-order valence-electron chi connectivity index (χ3n) is 1.99. The van der Waals surface area contributed by atoms with Crippen LogP contribution in [0.3, 0.4) is 0 Å². The molecule has 0 bridgehead atoms. The summed E-state index contributed by atoms with van der Waals surface area (Å²) in [4.78, 5) is 31.8. The van der Waals surface area contributed by atoms with Crippen molar-refractivity contribution in [2.75, 3.05) is 0 Å². The molecule has 0 aliphatic heterocycles. The highest BCUT2D eigenvalue weighted by Crippen LogP contribution is 2.23. The van der Waals surface area contributed by atoms with Crippen LogP contribution in [0.2, 0.25) is 0 Å². The summed E-state index contributed by atoms with van der Waals surface area (Å²) in [5.74, 6) is -4.96. The zero-order valence-corrected chi connectivity index (χ0v) is 7.51. The molecule has 1 rings (SSSR count). The van der Waals surface area contributed by atoms with Crippen LogP contribution in [-0.4, -0.2) is 33.2 Å². The molecule has 0 aromatic rings. The van der Waals surface area contributed by atoms with Gasteiger partial charge in [-0.15, -0.1) is 0 Å². The molecule has 0 spiro atoms. The second kappa shape index (κ2) is 3.95. The quantitative estimate of drug-likeness (QED) is 0.612. The summed E-state index contributed by atoms with van der Waals surface area (Å²) in [5, 5.41) is 26.0. The van der Waals surface area contributed by atoms with Gasteiger partial charge in [0, 0.05) is 5.57 Å². The Morgan fingerprint density at radius 1 is 1.13 bits per heavy atom. The maximum absolute atomic E-state index is 10.6. The first-order chi connectivity index (χ1) is 6.91. The smallest absolute Gasteiger partial charge is 0.335 e. The first-order valence-corrected chi connectivity index (χ1v) is 4.03. The first-order valence-electron chi connectivity index (χ1n) is 4.03. The van der Waals surface area contributed by atoms with Gasteiger partial charge in [-0.1, -0.05) is 6.08 Å². The number of carboxylic acids is 3. The number of hydrogen-bond donors (Lipinski definition) is 3. The lowest BCUT2D eigenvalue weighted by molar-refractivity contribution is -0.140. The second-order valence-electron chi connectivity index (χ2n) is 3.05. The van der Waals surface area contributed by atoms with E-state index in [1.54, 1.807) is 0 Å². The summed E-state index contributed by atoms with van der Waals surface area (Å²) in [6.45, 7) is 0. The molecule has 0 amide bonds. The average Bonchev–Trinajstić information content (AvgIpc) is 2.16. The van der Waals surface area contributed by atoms with Crippen LogP contribution >= 0.6 is 0 Å². The number of rotatable bonds is 3. The Bertz CT molecular complexity index is 389.